The Morgan fingerprint density at radius 3 is 2.38 bits per heavy atom. The fraction of sp³-hybridized carbons (Fsp3) is 1.00. The summed E-state index contributed by atoms with van der Waals surface area (Å²) in [4.78, 5) is 2.47. The summed E-state index contributed by atoms with van der Waals surface area (Å²) in [5, 5.41) is 21.9. The third-order valence-corrected chi connectivity index (χ3v) is 3.37. The molecule has 0 amide bonds. The van der Waals surface area contributed by atoms with Crippen molar-refractivity contribution in [2.24, 2.45) is 0 Å². The molecule has 0 aromatic heterocycles. The largest absolute Gasteiger partial charge is 0.393 e. The van der Waals surface area contributed by atoms with Gasteiger partial charge in [0.1, 0.15) is 0 Å². The van der Waals surface area contributed by atoms with Crippen LogP contribution in [0.25, 0.3) is 0 Å². The molecule has 16 heavy (non-hydrogen) atoms. The van der Waals surface area contributed by atoms with Gasteiger partial charge in [-0.05, 0) is 46.7 Å². The molecule has 0 radical (unpaired) electrons. The fourth-order valence-corrected chi connectivity index (χ4v) is 2.04. The highest BCUT2D eigenvalue weighted by molar-refractivity contribution is 4.82. The third-order valence-electron chi connectivity index (χ3n) is 3.37. The number of rotatable bonds is 5. The van der Waals surface area contributed by atoms with Crippen molar-refractivity contribution in [2.75, 3.05) is 26.2 Å². The van der Waals surface area contributed by atoms with E-state index < -0.39 is 5.60 Å². The van der Waals surface area contributed by atoms with Gasteiger partial charge < -0.3 is 20.4 Å². The van der Waals surface area contributed by atoms with Crippen molar-refractivity contribution in [3.05, 3.63) is 0 Å². The molecule has 1 aliphatic rings. The molecule has 1 unspecified atom stereocenters. The lowest BCUT2D eigenvalue weighted by atomic mass is 10.0. The highest BCUT2D eigenvalue weighted by atomic mass is 16.3. The normalized spacial score (nSPS) is 23.6. The Kier molecular flexibility index (Phi) is 5.18. The van der Waals surface area contributed by atoms with E-state index in [1.165, 1.54) is 0 Å². The van der Waals surface area contributed by atoms with Crippen LogP contribution in [0.3, 0.4) is 0 Å². The van der Waals surface area contributed by atoms with Gasteiger partial charge in [-0.1, -0.05) is 0 Å². The Labute approximate surface area is 98.6 Å². The number of nitrogens with zero attached hydrogens (tertiary/aromatic N) is 1. The van der Waals surface area contributed by atoms with Gasteiger partial charge in [0, 0.05) is 18.6 Å². The Hall–Kier alpha value is -0.160. The lowest BCUT2D eigenvalue weighted by molar-refractivity contribution is -0.00125. The average molecular weight is 230 g/mol. The lowest BCUT2D eigenvalue weighted by Crippen LogP contribution is -2.49. The predicted molar refractivity (Wildman–Crippen MR) is 65.4 cm³/mol. The van der Waals surface area contributed by atoms with Crippen molar-refractivity contribution in [3.8, 4) is 0 Å². The molecule has 1 heterocycles. The summed E-state index contributed by atoms with van der Waals surface area (Å²) in [6.45, 7) is 8.63. The molecule has 0 aliphatic carbocycles. The number of likely N-dealkylation sites (tertiary alicyclic amines) is 1. The minimum absolute atomic E-state index is 0.190. The zero-order valence-electron chi connectivity index (χ0n) is 10.7. The van der Waals surface area contributed by atoms with E-state index in [0.717, 1.165) is 25.9 Å². The molecule has 4 heteroatoms. The van der Waals surface area contributed by atoms with Gasteiger partial charge in [-0.25, -0.2) is 0 Å². The molecule has 1 atom stereocenters. The zero-order valence-corrected chi connectivity index (χ0v) is 10.7. The summed E-state index contributed by atoms with van der Waals surface area (Å²) in [7, 11) is 0. The van der Waals surface area contributed by atoms with Gasteiger partial charge in [0.05, 0.1) is 12.2 Å². The standard InChI is InChI=1S/C12H26N2O2/c1-10(2)14-6-4-11(5-7-14)13-8-12(3,16)9-15/h10-11,13,15-16H,4-9H2,1-3H3. The van der Waals surface area contributed by atoms with Crippen LogP contribution in [0.1, 0.15) is 33.6 Å². The van der Waals surface area contributed by atoms with E-state index in [9.17, 15) is 5.11 Å². The second kappa shape index (κ2) is 5.96. The highest BCUT2D eigenvalue weighted by Gasteiger charge is 2.24. The molecule has 1 fully saturated rings. The molecule has 0 aromatic rings. The first-order valence-electron chi connectivity index (χ1n) is 6.25. The van der Waals surface area contributed by atoms with E-state index in [2.05, 4.69) is 24.1 Å². The molecule has 96 valence electrons. The quantitative estimate of drug-likeness (QED) is 0.631. The molecule has 0 bridgehead atoms. The lowest BCUT2D eigenvalue weighted by Gasteiger charge is -2.36. The number of hydrogen-bond acceptors (Lipinski definition) is 4. The Balaban J connectivity index is 2.22. The Bertz CT molecular complexity index is 199. The summed E-state index contributed by atoms with van der Waals surface area (Å²) < 4.78 is 0. The summed E-state index contributed by atoms with van der Waals surface area (Å²) in [5.41, 5.74) is -0.991. The van der Waals surface area contributed by atoms with Crippen molar-refractivity contribution in [1.82, 2.24) is 10.2 Å². The van der Waals surface area contributed by atoms with E-state index in [0.29, 0.717) is 18.6 Å². The van der Waals surface area contributed by atoms with Gasteiger partial charge in [0.25, 0.3) is 0 Å². The zero-order chi connectivity index (χ0) is 12.2. The highest BCUT2D eigenvalue weighted by Crippen LogP contribution is 2.13. The topological polar surface area (TPSA) is 55.7 Å². The van der Waals surface area contributed by atoms with Crippen LogP contribution >= 0.6 is 0 Å². The minimum Gasteiger partial charge on any atom is -0.393 e. The van der Waals surface area contributed by atoms with Crippen LogP contribution in [0.5, 0.6) is 0 Å². The molecule has 1 saturated heterocycles. The van der Waals surface area contributed by atoms with Crippen LogP contribution in [0.2, 0.25) is 0 Å². The minimum atomic E-state index is -0.991. The average Bonchev–Trinajstić information content (AvgIpc) is 2.27. The van der Waals surface area contributed by atoms with Crippen molar-refractivity contribution in [2.45, 2.75) is 51.3 Å². The summed E-state index contributed by atoms with van der Waals surface area (Å²) >= 11 is 0. The van der Waals surface area contributed by atoms with Crippen LogP contribution in [-0.4, -0.2) is 59.0 Å². The van der Waals surface area contributed by atoms with Crippen LogP contribution in [-0.2, 0) is 0 Å². The Morgan fingerprint density at radius 2 is 1.94 bits per heavy atom. The first-order valence-corrected chi connectivity index (χ1v) is 6.25. The maximum Gasteiger partial charge on any atom is 0.0972 e. The van der Waals surface area contributed by atoms with E-state index in [1.54, 1.807) is 6.92 Å². The molecular weight excluding hydrogens is 204 g/mol. The number of aliphatic hydroxyl groups is 2. The van der Waals surface area contributed by atoms with Crippen LogP contribution < -0.4 is 5.32 Å². The van der Waals surface area contributed by atoms with Crippen molar-refractivity contribution >= 4 is 0 Å². The second-order valence-electron chi connectivity index (χ2n) is 5.44. The van der Waals surface area contributed by atoms with Gasteiger partial charge in [-0.3, -0.25) is 0 Å². The molecular formula is C12H26N2O2. The summed E-state index contributed by atoms with van der Waals surface area (Å²) in [6.07, 6.45) is 2.25. The van der Waals surface area contributed by atoms with Gasteiger partial charge in [0.15, 0.2) is 0 Å². The van der Waals surface area contributed by atoms with Crippen molar-refractivity contribution in [1.29, 1.82) is 0 Å². The first-order chi connectivity index (χ1) is 7.44. The summed E-state index contributed by atoms with van der Waals surface area (Å²) in [6, 6.07) is 1.11. The molecule has 0 spiro atoms. The second-order valence-corrected chi connectivity index (χ2v) is 5.44. The smallest absolute Gasteiger partial charge is 0.0972 e. The maximum atomic E-state index is 9.67. The van der Waals surface area contributed by atoms with E-state index in [-0.39, 0.29) is 6.61 Å². The van der Waals surface area contributed by atoms with Crippen LogP contribution in [0.4, 0.5) is 0 Å². The monoisotopic (exact) mass is 230 g/mol. The SMILES string of the molecule is CC(C)N1CCC(NCC(C)(O)CO)CC1. The van der Waals surface area contributed by atoms with Gasteiger partial charge in [-0.2, -0.15) is 0 Å². The van der Waals surface area contributed by atoms with Gasteiger partial charge >= 0.3 is 0 Å². The van der Waals surface area contributed by atoms with Crippen LogP contribution in [0, 0.1) is 0 Å². The molecule has 0 aromatic carbocycles. The number of aliphatic hydroxyl groups excluding tert-OH is 1. The van der Waals surface area contributed by atoms with Gasteiger partial charge in [-0.15, -0.1) is 0 Å². The third kappa shape index (κ3) is 4.37. The number of piperidine rings is 1. The Morgan fingerprint density at radius 1 is 1.38 bits per heavy atom. The van der Waals surface area contributed by atoms with Crippen molar-refractivity contribution in [3.63, 3.8) is 0 Å². The maximum absolute atomic E-state index is 9.67. The molecule has 3 N–H and O–H groups in total. The van der Waals surface area contributed by atoms with Crippen LogP contribution in [0.15, 0.2) is 0 Å². The van der Waals surface area contributed by atoms with E-state index >= 15 is 0 Å². The predicted octanol–water partition coefficient (Wildman–Crippen LogP) is 0.192. The molecule has 4 nitrogen and oxygen atoms in total. The number of hydrogen-bond donors (Lipinski definition) is 3. The number of nitrogens with one attached hydrogen (secondary N) is 1. The first kappa shape index (κ1) is 13.9. The van der Waals surface area contributed by atoms with E-state index in [1.807, 2.05) is 0 Å². The molecule has 0 saturated carbocycles. The summed E-state index contributed by atoms with van der Waals surface area (Å²) in [5.74, 6) is 0. The van der Waals surface area contributed by atoms with E-state index in [4.69, 9.17) is 5.11 Å². The molecule has 1 aliphatic heterocycles. The van der Waals surface area contributed by atoms with Gasteiger partial charge in [0.2, 0.25) is 0 Å². The fourth-order valence-electron chi connectivity index (χ4n) is 2.04. The van der Waals surface area contributed by atoms with Crippen molar-refractivity contribution < 1.29 is 10.2 Å². The molecule has 1 rings (SSSR count).